The normalized spacial score (nSPS) is 11.9. The Morgan fingerprint density at radius 3 is 2.85 bits per heavy atom. The molecule has 0 aliphatic carbocycles. The van der Waals surface area contributed by atoms with E-state index in [1.165, 1.54) is 20.1 Å². The van der Waals surface area contributed by atoms with Crippen molar-refractivity contribution in [2.75, 3.05) is 13.7 Å². The Balaban J connectivity index is 2.93. The third-order valence-electron chi connectivity index (χ3n) is 2.20. The minimum Gasteiger partial charge on any atom is -0.468 e. The fourth-order valence-electron chi connectivity index (χ4n) is 1.28. The van der Waals surface area contributed by atoms with Gasteiger partial charge < -0.3 is 15.8 Å². The van der Waals surface area contributed by atoms with Crippen molar-refractivity contribution in [1.29, 1.82) is 0 Å². The highest BCUT2D eigenvalue weighted by atomic mass is 16.5. The van der Waals surface area contributed by atoms with E-state index in [9.17, 15) is 9.59 Å². The lowest BCUT2D eigenvalue weighted by Gasteiger charge is -2.05. The molecule has 0 aliphatic rings. The molecule has 106 valence electrons. The molecule has 0 saturated carbocycles. The minimum atomic E-state index is -0.513. The van der Waals surface area contributed by atoms with Gasteiger partial charge in [-0.2, -0.15) is 0 Å². The number of aromatic nitrogens is 1. The first-order valence-electron chi connectivity index (χ1n) is 5.79. The monoisotopic (exact) mass is 276 g/mol. The van der Waals surface area contributed by atoms with Crippen LogP contribution in [0.25, 0.3) is 5.70 Å². The van der Waals surface area contributed by atoms with Crippen LogP contribution in [0.4, 0.5) is 0 Å². The van der Waals surface area contributed by atoms with Crippen molar-refractivity contribution in [2.45, 2.75) is 6.92 Å². The molecule has 0 aliphatic heterocycles. The van der Waals surface area contributed by atoms with E-state index in [-0.39, 0.29) is 18.3 Å². The predicted molar refractivity (Wildman–Crippen MR) is 74.5 cm³/mol. The number of carbonyl (C=O) groups is 2. The second kappa shape index (κ2) is 7.67. The highest BCUT2D eigenvalue weighted by molar-refractivity contribution is 6.07. The van der Waals surface area contributed by atoms with Crippen molar-refractivity contribution in [2.24, 2.45) is 10.7 Å². The van der Waals surface area contributed by atoms with Gasteiger partial charge in [0, 0.05) is 36.7 Å². The van der Waals surface area contributed by atoms with Crippen molar-refractivity contribution in [3.05, 3.63) is 36.2 Å². The molecular weight excluding hydrogens is 260 g/mol. The first kappa shape index (κ1) is 15.4. The molecule has 0 saturated heterocycles. The van der Waals surface area contributed by atoms with Gasteiger partial charge in [0.2, 0.25) is 5.91 Å². The van der Waals surface area contributed by atoms with Crippen LogP contribution in [0.15, 0.2) is 35.6 Å². The van der Waals surface area contributed by atoms with Crippen LogP contribution in [0.3, 0.4) is 0 Å². The summed E-state index contributed by atoms with van der Waals surface area (Å²) in [5.74, 6) is -0.644. The first-order chi connectivity index (χ1) is 9.52. The maximum Gasteiger partial charge on any atom is 0.327 e. The summed E-state index contributed by atoms with van der Waals surface area (Å²) in [5.41, 5.74) is 6.94. The molecule has 1 amide bonds. The molecule has 1 aromatic heterocycles. The summed E-state index contributed by atoms with van der Waals surface area (Å²) >= 11 is 0. The van der Waals surface area contributed by atoms with Crippen LogP contribution in [0.1, 0.15) is 12.5 Å². The van der Waals surface area contributed by atoms with Crippen molar-refractivity contribution in [3.8, 4) is 0 Å². The van der Waals surface area contributed by atoms with Gasteiger partial charge in [0.25, 0.3) is 0 Å². The molecule has 0 radical (unpaired) electrons. The third-order valence-corrected chi connectivity index (χ3v) is 2.20. The highest BCUT2D eigenvalue weighted by Crippen LogP contribution is 2.05. The van der Waals surface area contributed by atoms with E-state index in [2.05, 4.69) is 20.0 Å². The number of nitrogens with one attached hydrogen (secondary N) is 1. The van der Waals surface area contributed by atoms with Crippen LogP contribution in [0.2, 0.25) is 0 Å². The zero-order chi connectivity index (χ0) is 15.0. The molecule has 0 bridgehead atoms. The lowest BCUT2D eigenvalue weighted by molar-refractivity contribution is -0.138. The van der Waals surface area contributed by atoms with Gasteiger partial charge in [0.15, 0.2) is 0 Å². The quantitative estimate of drug-likeness (QED) is 0.460. The summed E-state index contributed by atoms with van der Waals surface area (Å²) in [7, 11) is 1.26. The fourth-order valence-corrected chi connectivity index (χ4v) is 1.28. The summed E-state index contributed by atoms with van der Waals surface area (Å²) in [6.45, 7) is 1.13. The van der Waals surface area contributed by atoms with E-state index in [4.69, 9.17) is 5.73 Å². The molecule has 7 heteroatoms. The number of carbonyl (C=O) groups excluding carboxylic acids is 2. The molecule has 0 unspecified atom stereocenters. The number of rotatable bonds is 4. The number of aliphatic imine (C=N–C) groups is 1. The van der Waals surface area contributed by atoms with Gasteiger partial charge in [0.05, 0.1) is 7.11 Å². The number of ether oxygens (including phenoxy) is 1. The zero-order valence-corrected chi connectivity index (χ0v) is 11.3. The summed E-state index contributed by atoms with van der Waals surface area (Å²) in [5, 5.41) is 2.49. The van der Waals surface area contributed by atoms with Crippen molar-refractivity contribution < 1.29 is 14.3 Å². The summed E-state index contributed by atoms with van der Waals surface area (Å²) < 4.78 is 4.47. The van der Waals surface area contributed by atoms with E-state index in [0.29, 0.717) is 11.3 Å². The van der Waals surface area contributed by atoms with E-state index in [1.54, 1.807) is 24.5 Å². The second-order valence-corrected chi connectivity index (χ2v) is 3.80. The predicted octanol–water partition coefficient (Wildman–Crippen LogP) is 0.0888. The van der Waals surface area contributed by atoms with Crippen LogP contribution in [-0.4, -0.2) is 36.4 Å². The molecule has 3 N–H and O–H groups in total. The topological polar surface area (TPSA) is 107 Å². The van der Waals surface area contributed by atoms with Crippen LogP contribution < -0.4 is 11.1 Å². The Hall–Kier alpha value is -2.70. The van der Waals surface area contributed by atoms with Crippen molar-refractivity contribution >= 4 is 23.4 Å². The number of methoxy groups -OCH3 is 1. The third kappa shape index (κ3) is 5.30. The lowest BCUT2D eigenvalue weighted by Crippen LogP contribution is -2.28. The average molecular weight is 276 g/mol. The Morgan fingerprint density at radius 1 is 1.55 bits per heavy atom. The molecule has 0 spiro atoms. The second-order valence-electron chi connectivity index (χ2n) is 3.80. The van der Waals surface area contributed by atoms with Gasteiger partial charge in [-0.25, -0.2) is 0 Å². The molecule has 0 atom stereocenters. The molecular formula is C13H16N4O3. The van der Waals surface area contributed by atoms with Gasteiger partial charge >= 0.3 is 5.97 Å². The van der Waals surface area contributed by atoms with Crippen LogP contribution >= 0.6 is 0 Å². The smallest absolute Gasteiger partial charge is 0.327 e. The van der Waals surface area contributed by atoms with E-state index in [1.807, 2.05) is 0 Å². The number of hydrogen-bond donors (Lipinski definition) is 2. The number of hydrogen-bond acceptors (Lipinski definition) is 6. The summed E-state index contributed by atoms with van der Waals surface area (Å²) in [4.78, 5) is 30.0. The number of amidine groups is 1. The van der Waals surface area contributed by atoms with Crippen molar-refractivity contribution in [3.63, 3.8) is 0 Å². The lowest BCUT2D eigenvalue weighted by atomic mass is 10.2. The van der Waals surface area contributed by atoms with Gasteiger partial charge in [-0.1, -0.05) is 0 Å². The van der Waals surface area contributed by atoms with Gasteiger partial charge in [0.1, 0.15) is 12.4 Å². The maximum atomic E-state index is 11.1. The molecule has 1 rings (SSSR count). The Labute approximate surface area is 116 Å². The Morgan fingerprint density at radius 2 is 2.30 bits per heavy atom. The molecule has 7 nitrogen and oxygen atoms in total. The zero-order valence-electron chi connectivity index (χ0n) is 11.3. The Kier molecular flexibility index (Phi) is 5.89. The molecule has 0 fully saturated rings. The first-order valence-corrected chi connectivity index (χ1v) is 5.79. The van der Waals surface area contributed by atoms with Crippen LogP contribution in [0.5, 0.6) is 0 Å². The van der Waals surface area contributed by atoms with E-state index >= 15 is 0 Å². The number of pyridine rings is 1. The summed E-state index contributed by atoms with van der Waals surface area (Å²) in [6, 6.07) is 3.50. The SMILES string of the molecule is COC(=O)CN=C(C=C(N)c1cccnc1)NC(C)=O. The average Bonchev–Trinajstić information content (AvgIpc) is 2.44. The van der Waals surface area contributed by atoms with Crippen LogP contribution in [0, 0.1) is 0 Å². The maximum absolute atomic E-state index is 11.1. The number of nitrogens with two attached hydrogens (primary N) is 1. The van der Waals surface area contributed by atoms with E-state index < -0.39 is 5.97 Å². The standard InChI is InChI=1S/C13H16N4O3/c1-9(18)17-12(16-8-13(19)20-2)6-11(14)10-4-3-5-15-7-10/h3-7H,8,14H2,1-2H3,(H,16,17,18). The molecule has 0 aromatic carbocycles. The van der Waals surface area contributed by atoms with Crippen LogP contribution in [-0.2, 0) is 14.3 Å². The Bertz CT molecular complexity index is 538. The number of nitrogens with zero attached hydrogens (tertiary/aromatic N) is 2. The largest absolute Gasteiger partial charge is 0.468 e. The van der Waals surface area contributed by atoms with Gasteiger partial charge in [-0.3, -0.25) is 19.6 Å². The molecule has 1 heterocycles. The minimum absolute atomic E-state index is 0.184. The van der Waals surface area contributed by atoms with E-state index in [0.717, 1.165) is 0 Å². The van der Waals surface area contributed by atoms with Gasteiger partial charge in [-0.15, -0.1) is 0 Å². The van der Waals surface area contributed by atoms with Crippen molar-refractivity contribution in [1.82, 2.24) is 10.3 Å². The fraction of sp³-hybridized carbons (Fsp3) is 0.231. The molecule has 1 aromatic rings. The summed E-state index contributed by atoms with van der Waals surface area (Å²) in [6.07, 6.45) is 4.66. The highest BCUT2D eigenvalue weighted by Gasteiger charge is 2.04. The number of amides is 1. The molecule has 20 heavy (non-hydrogen) atoms. The van der Waals surface area contributed by atoms with Gasteiger partial charge in [-0.05, 0) is 12.1 Å². The number of esters is 1.